The van der Waals surface area contributed by atoms with Crippen LogP contribution in [0.2, 0.25) is 5.02 Å². The van der Waals surface area contributed by atoms with Gasteiger partial charge in [-0.1, -0.05) is 37.4 Å². The van der Waals surface area contributed by atoms with E-state index in [0.29, 0.717) is 23.2 Å². The van der Waals surface area contributed by atoms with Gasteiger partial charge in [0.15, 0.2) is 0 Å². The number of carbonyl (C=O) groups excluding carboxylic acids is 1. The zero-order valence-corrected chi connectivity index (χ0v) is 16.0. The van der Waals surface area contributed by atoms with E-state index in [2.05, 4.69) is 27.5 Å². The number of halogens is 1. The largest absolute Gasteiger partial charge is 0.351 e. The second-order valence-electron chi connectivity index (χ2n) is 6.24. The van der Waals surface area contributed by atoms with E-state index in [4.69, 9.17) is 11.6 Å². The van der Waals surface area contributed by atoms with Gasteiger partial charge < -0.3 is 10.6 Å². The van der Waals surface area contributed by atoms with Crippen LogP contribution >= 0.6 is 11.6 Å². The molecule has 0 aliphatic carbocycles. The predicted octanol–water partition coefficient (Wildman–Crippen LogP) is 4.72. The number of aromatic nitrogens is 2. The first-order valence-electron chi connectivity index (χ1n) is 8.58. The molecule has 1 amide bonds. The quantitative estimate of drug-likeness (QED) is 0.701. The maximum absolute atomic E-state index is 12.3. The van der Waals surface area contributed by atoms with Crippen LogP contribution in [-0.2, 0) is 0 Å². The first-order chi connectivity index (χ1) is 11.9. The van der Waals surface area contributed by atoms with Crippen molar-refractivity contribution in [3.05, 3.63) is 45.7 Å². The zero-order chi connectivity index (χ0) is 18.4. The van der Waals surface area contributed by atoms with E-state index in [1.54, 1.807) is 6.07 Å². The molecule has 0 saturated heterocycles. The number of nitrogens with zero attached hydrogens (tertiary/aromatic N) is 2. The number of unbranched alkanes of at least 4 members (excludes halogenated alkanes) is 2. The number of amides is 1. The summed E-state index contributed by atoms with van der Waals surface area (Å²) < 4.78 is 0. The van der Waals surface area contributed by atoms with Gasteiger partial charge in [-0.2, -0.15) is 0 Å². The smallest absolute Gasteiger partial charge is 0.270 e. The second kappa shape index (κ2) is 8.81. The Morgan fingerprint density at radius 3 is 2.56 bits per heavy atom. The van der Waals surface area contributed by atoms with Gasteiger partial charge in [0.05, 0.1) is 10.7 Å². The molecule has 1 aromatic carbocycles. The minimum absolute atomic E-state index is 0.184. The number of anilines is 2. The molecule has 0 fully saturated rings. The van der Waals surface area contributed by atoms with Gasteiger partial charge in [-0.3, -0.25) is 4.79 Å². The lowest BCUT2D eigenvalue weighted by Gasteiger charge is -2.13. The summed E-state index contributed by atoms with van der Waals surface area (Å²) in [6, 6.07) is 5.60. The number of nitrogens with one attached hydrogen (secondary N) is 2. The Labute approximate surface area is 154 Å². The summed E-state index contributed by atoms with van der Waals surface area (Å²) in [5, 5.41) is 6.65. The minimum atomic E-state index is -0.184. The van der Waals surface area contributed by atoms with Crippen LogP contribution in [0.15, 0.2) is 18.2 Å². The maximum atomic E-state index is 12.3. The van der Waals surface area contributed by atoms with Gasteiger partial charge in [-0.25, -0.2) is 9.97 Å². The summed E-state index contributed by atoms with van der Waals surface area (Å²) in [5.74, 6) is 0.184. The SMILES string of the molecule is CCCCCNC(=O)c1cc(C)nc(Nc2c(C)cc(C)cc2Cl)n1. The van der Waals surface area contributed by atoms with Crippen LogP contribution in [-0.4, -0.2) is 22.4 Å². The summed E-state index contributed by atoms with van der Waals surface area (Å²) >= 11 is 6.33. The summed E-state index contributed by atoms with van der Waals surface area (Å²) in [6.07, 6.45) is 3.18. The lowest BCUT2D eigenvalue weighted by Crippen LogP contribution is -2.26. The molecule has 0 saturated carbocycles. The number of hydrogen-bond acceptors (Lipinski definition) is 4. The van der Waals surface area contributed by atoms with Gasteiger partial charge in [0.1, 0.15) is 5.69 Å². The fourth-order valence-corrected chi connectivity index (χ4v) is 2.96. The summed E-state index contributed by atoms with van der Waals surface area (Å²) in [4.78, 5) is 21.0. The van der Waals surface area contributed by atoms with E-state index in [9.17, 15) is 4.79 Å². The molecule has 0 unspecified atom stereocenters. The Morgan fingerprint density at radius 1 is 1.12 bits per heavy atom. The molecule has 0 atom stereocenters. The highest BCUT2D eigenvalue weighted by Gasteiger charge is 2.12. The van der Waals surface area contributed by atoms with Gasteiger partial charge >= 0.3 is 0 Å². The molecular weight excluding hydrogens is 336 g/mol. The Hall–Kier alpha value is -2.14. The van der Waals surface area contributed by atoms with Gasteiger partial charge in [0.25, 0.3) is 5.91 Å². The van der Waals surface area contributed by atoms with Crippen molar-refractivity contribution in [3.8, 4) is 0 Å². The number of carbonyl (C=O) groups is 1. The van der Waals surface area contributed by atoms with Crippen LogP contribution in [0, 0.1) is 20.8 Å². The van der Waals surface area contributed by atoms with Crippen molar-refractivity contribution < 1.29 is 4.79 Å². The molecule has 6 heteroatoms. The standard InChI is InChI=1S/C19H25ClN4O/c1-5-6-7-8-21-18(25)16-11-14(4)22-19(23-16)24-17-13(3)9-12(2)10-15(17)20/h9-11H,5-8H2,1-4H3,(H,21,25)(H,22,23,24). The lowest BCUT2D eigenvalue weighted by atomic mass is 10.1. The van der Waals surface area contributed by atoms with Crippen molar-refractivity contribution in [1.29, 1.82) is 0 Å². The van der Waals surface area contributed by atoms with Crippen molar-refractivity contribution >= 4 is 29.1 Å². The normalized spacial score (nSPS) is 10.6. The molecule has 134 valence electrons. The third-order valence-corrected chi connectivity index (χ3v) is 4.12. The predicted molar refractivity (Wildman–Crippen MR) is 103 cm³/mol. The van der Waals surface area contributed by atoms with Crippen molar-refractivity contribution in [1.82, 2.24) is 15.3 Å². The van der Waals surface area contributed by atoms with Crippen LogP contribution in [0.25, 0.3) is 0 Å². The van der Waals surface area contributed by atoms with Gasteiger partial charge in [0, 0.05) is 12.2 Å². The molecule has 0 spiro atoms. The van der Waals surface area contributed by atoms with Crippen LogP contribution in [0.1, 0.15) is 53.5 Å². The molecule has 2 N–H and O–H groups in total. The summed E-state index contributed by atoms with van der Waals surface area (Å²) in [5.41, 5.74) is 3.92. The summed E-state index contributed by atoms with van der Waals surface area (Å²) in [6.45, 7) is 8.59. The third kappa shape index (κ3) is 5.43. The van der Waals surface area contributed by atoms with Crippen molar-refractivity contribution in [2.75, 3.05) is 11.9 Å². The van der Waals surface area contributed by atoms with E-state index in [-0.39, 0.29) is 5.91 Å². The van der Waals surface area contributed by atoms with E-state index < -0.39 is 0 Å². The fraction of sp³-hybridized carbons (Fsp3) is 0.421. The molecule has 0 aliphatic rings. The van der Waals surface area contributed by atoms with Crippen LogP contribution < -0.4 is 10.6 Å². The molecule has 0 bridgehead atoms. The molecule has 0 aliphatic heterocycles. The highest BCUT2D eigenvalue weighted by molar-refractivity contribution is 6.33. The number of benzene rings is 1. The Bertz CT molecular complexity index is 738. The number of hydrogen-bond donors (Lipinski definition) is 2. The Morgan fingerprint density at radius 2 is 1.88 bits per heavy atom. The van der Waals surface area contributed by atoms with Gasteiger partial charge in [-0.05, 0) is 50.5 Å². The third-order valence-electron chi connectivity index (χ3n) is 3.82. The average molecular weight is 361 g/mol. The zero-order valence-electron chi connectivity index (χ0n) is 15.2. The fourth-order valence-electron chi connectivity index (χ4n) is 2.59. The molecule has 5 nitrogen and oxygen atoms in total. The van der Waals surface area contributed by atoms with Crippen molar-refractivity contribution in [2.45, 2.75) is 47.0 Å². The molecular formula is C19H25ClN4O. The molecule has 1 heterocycles. The number of aryl methyl sites for hydroxylation is 3. The lowest BCUT2D eigenvalue weighted by molar-refractivity contribution is 0.0948. The molecule has 0 radical (unpaired) electrons. The van der Waals surface area contributed by atoms with E-state index in [1.165, 1.54) is 0 Å². The molecule has 1 aromatic heterocycles. The van der Waals surface area contributed by atoms with E-state index >= 15 is 0 Å². The van der Waals surface area contributed by atoms with Gasteiger partial charge in [0.2, 0.25) is 5.95 Å². The Kier molecular flexibility index (Phi) is 6.76. The topological polar surface area (TPSA) is 66.9 Å². The molecule has 2 aromatic rings. The van der Waals surface area contributed by atoms with E-state index in [0.717, 1.165) is 41.8 Å². The molecule has 25 heavy (non-hydrogen) atoms. The maximum Gasteiger partial charge on any atom is 0.270 e. The first kappa shape index (κ1) is 19.2. The highest BCUT2D eigenvalue weighted by Crippen LogP contribution is 2.29. The summed E-state index contributed by atoms with van der Waals surface area (Å²) in [7, 11) is 0. The second-order valence-corrected chi connectivity index (χ2v) is 6.65. The number of rotatable bonds is 7. The molecule has 2 rings (SSSR count). The van der Waals surface area contributed by atoms with Crippen LogP contribution in [0.3, 0.4) is 0 Å². The monoisotopic (exact) mass is 360 g/mol. The van der Waals surface area contributed by atoms with Gasteiger partial charge in [-0.15, -0.1) is 0 Å². The van der Waals surface area contributed by atoms with Crippen LogP contribution in [0.4, 0.5) is 11.6 Å². The van der Waals surface area contributed by atoms with Crippen molar-refractivity contribution in [3.63, 3.8) is 0 Å². The highest BCUT2D eigenvalue weighted by atomic mass is 35.5. The van der Waals surface area contributed by atoms with E-state index in [1.807, 2.05) is 32.9 Å². The van der Waals surface area contributed by atoms with Crippen molar-refractivity contribution in [2.24, 2.45) is 0 Å². The Balaban J connectivity index is 2.18. The first-order valence-corrected chi connectivity index (χ1v) is 8.96. The minimum Gasteiger partial charge on any atom is -0.351 e. The van der Waals surface area contributed by atoms with Crippen LogP contribution in [0.5, 0.6) is 0 Å². The average Bonchev–Trinajstić information content (AvgIpc) is 2.54.